The van der Waals surface area contributed by atoms with Crippen molar-refractivity contribution in [2.24, 2.45) is 0 Å². The van der Waals surface area contributed by atoms with E-state index in [1.807, 2.05) is 5.48 Å². The van der Waals surface area contributed by atoms with Crippen molar-refractivity contribution in [3.8, 4) is 0 Å². The van der Waals surface area contributed by atoms with Crippen LogP contribution in [0, 0.1) is 0 Å². The lowest BCUT2D eigenvalue weighted by molar-refractivity contribution is 0.161. The average Bonchev–Trinajstić information content (AvgIpc) is 2.16. The SMILES string of the molecule is CSc1c(Cl)cc(CNO)cc1S(C)(=O)=O. The molecule has 0 spiro atoms. The van der Waals surface area contributed by atoms with Gasteiger partial charge in [0.1, 0.15) is 0 Å². The molecule has 16 heavy (non-hydrogen) atoms. The topological polar surface area (TPSA) is 66.4 Å². The molecule has 0 aliphatic carbocycles. The number of benzene rings is 1. The minimum Gasteiger partial charge on any atom is -0.316 e. The second-order valence-electron chi connectivity index (χ2n) is 3.22. The summed E-state index contributed by atoms with van der Waals surface area (Å²) in [5, 5.41) is 8.96. The van der Waals surface area contributed by atoms with E-state index < -0.39 is 9.84 Å². The van der Waals surface area contributed by atoms with Gasteiger partial charge < -0.3 is 5.21 Å². The minimum atomic E-state index is -3.32. The Bertz CT molecular complexity index is 488. The van der Waals surface area contributed by atoms with Crippen LogP contribution in [0.5, 0.6) is 0 Å². The van der Waals surface area contributed by atoms with Gasteiger partial charge >= 0.3 is 0 Å². The predicted molar refractivity (Wildman–Crippen MR) is 65.0 cm³/mol. The first-order valence-corrected chi connectivity index (χ1v) is 7.83. The molecule has 0 atom stereocenters. The number of nitrogens with one attached hydrogen (secondary N) is 1. The molecule has 0 aliphatic rings. The molecule has 1 aromatic rings. The summed E-state index contributed by atoms with van der Waals surface area (Å²) < 4.78 is 23.1. The van der Waals surface area contributed by atoms with Crippen LogP contribution in [-0.4, -0.2) is 26.1 Å². The first-order chi connectivity index (χ1) is 7.40. The molecule has 2 N–H and O–H groups in total. The number of sulfone groups is 1. The van der Waals surface area contributed by atoms with Gasteiger partial charge in [-0.1, -0.05) is 11.6 Å². The van der Waals surface area contributed by atoms with E-state index in [1.54, 1.807) is 12.3 Å². The fraction of sp³-hybridized carbons (Fsp3) is 0.333. The Labute approximate surface area is 104 Å². The fourth-order valence-corrected chi connectivity index (χ4v) is 3.85. The third-order valence-corrected chi connectivity index (χ3v) is 4.46. The second kappa shape index (κ2) is 5.37. The number of rotatable bonds is 4. The quantitative estimate of drug-likeness (QED) is 0.652. The van der Waals surface area contributed by atoms with E-state index in [9.17, 15) is 8.42 Å². The average molecular weight is 282 g/mol. The molecular formula is C9H12ClNO3S2. The van der Waals surface area contributed by atoms with Crippen molar-refractivity contribution in [2.45, 2.75) is 16.3 Å². The van der Waals surface area contributed by atoms with Crippen molar-refractivity contribution in [2.75, 3.05) is 12.5 Å². The number of halogens is 1. The molecule has 0 fully saturated rings. The van der Waals surface area contributed by atoms with Crippen molar-refractivity contribution < 1.29 is 13.6 Å². The van der Waals surface area contributed by atoms with Crippen LogP contribution in [-0.2, 0) is 16.4 Å². The lowest BCUT2D eigenvalue weighted by atomic mass is 10.2. The Balaban J connectivity index is 3.43. The molecule has 0 amide bonds. The van der Waals surface area contributed by atoms with Crippen LogP contribution in [0.1, 0.15) is 5.56 Å². The van der Waals surface area contributed by atoms with Crippen LogP contribution in [0.4, 0.5) is 0 Å². The molecule has 0 bridgehead atoms. The molecule has 0 aliphatic heterocycles. The van der Waals surface area contributed by atoms with E-state index in [2.05, 4.69) is 0 Å². The predicted octanol–water partition coefficient (Wildman–Crippen LogP) is 1.94. The van der Waals surface area contributed by atoms with Crippen molar-refractivity contribution in [3.05, 3.63) is 22.7 Å². The summed E-state index contributed by atoms with van der Waals surface area (Å²) in [6.07, 6.45) is 2.90. The summed E-state index contributed by atoms with van der Waals surface area (Å²) in [5.41, 5.74) is 2.58. The van der Waals surface area contributed by atoms with E-state index in [0.29, 0.717) is 15.5 Å². The molecule has 0 heterocycles. The van der Waals surface area contributed by atoms with Gasteiger partial charge in [-0.25, -0.2) is 13.9 Å². The fourth-order valence-electron chi connectivity index (χ4n) is 1.29. The highest BCUT2D eigenvalue weighted by Gasteiger charge is 2.17. The lowest BCUT2D eigenvalue weighted by Crippen LogP contribution is -2.08. The lowest BCUT2D eigenvalue weighted by Gasteiger charge is -2.10. The first kappa shape index (κ1) is 13.8. The van der Waals surface area contributed by atoms with E-state index >= 15 is 0 Å². The summed E-state index contributed by atoms with van der Waals surface area (Å²) >= 11 is 7.26. The highest BCUT2D eigenvalue weighted by Crippen LogP contribution is 2.33. The van der Waals surface area contributed by atoms with Crippen LogP contribution in [0.3, 0.4) is 0 Å². The maximum absolute atomic E-state index is 11.6. The Morgan fingerprint density at radius 3 is 2.56 bits per heavy atom. The third kappa shape index (κ3) is 3.11. The van der Waals surface area contributed by atoms with E-state index in [-0.39, 0.29) is 11.4 Å². The van der Waals surface area contributed by atoms with Gasteiger partial charge in [-0.3, -0.25) is 0 Å². The van der Waals surface area contributed by atoms with Gasteiger partial charge in [0.25, 0.3) is 0 Å². The molecule has 0 aromatic heterocycles. The smallest absolute Gasteiger partial charge is 0.176 e. The largest absolute Gasteiger partial charge is 0.316 e. The number of hydrogen-bond donors (Lipinski definition) is 2. The molecule has 0 unspecified atom stereocenters. The Morgan fingerprint density at radius 2 is 2.12 bits per heavy atom. The standard InChI is InChI=1S/C9H12ClNO3S2/c1-15-9-7(10)3-6(5-11-12)4-8(9)16(2,13)14/h3-4,11-12H,5H2,1-2H3. The number of thioether (sulfide) groups is 1. The van der Waals surface area contributed by atoms with E-state index in [1.165, 1.54) is 17.8 Å². The minimum absolute atomic E-state index is 0.150. The Morgan fingerprint density at radius 1 is 1.50 bits per heavy atom. The Kier molecular flexibility index (Phi) is 4.63. The van der Waals surface area contributed by atoms with Gasteiger partial charge in [-0.15, -0.1) is 11.8 Å². The molecular weight excluding hydrogens is 270 g/mol. The summed E-state index contributed by atoms with van der Waals surface area (Å²) in [6.45, 7) is 0.150. The van der Waals surface area contributed by atoms with Gasteiger partial charge in [-0.2, -0.15) is 0 Å². The molecule has 0 radical (unpaired) electrons. The second-order valence-corrected chi connectivity index (χ2v) is 6.42. The normalized spacial score (nSPS) is 11.8. The van der Waals surface area contributed by atoms with Crippen molar-refractivity contribution in [3.63, 3.8) is 0 Å². The van der Waals surface area contributed by atoms with Gasteiger partial charge in [0.15, 0.2) is 9.84 Å². The highest BCUT2D eigenvalue weighted by molar-refractivity contribution is 7.99. The molecule has 7 heteroatoms. The summed E-state index contributed by atoms with van der Waals surface area (Å²) in [7, 11) is -3.32. The van der Waals surface area contributed by atoms with Crippen molar-refractivity contribution in [1.82, 2.24) is 5.48 Å². The van der Waals surface area contributed by atoms with Gasteiger partial charge in [-0.05, 0) is 24.0 Å². The maximum atomic E-state index is 11.6. The van der Waals surface area contributed by atoms with Gasteiger partial charge in [0.2, 0.25) is 0 Å². The summed E-state index contributed by atoms with van der Waals surface area (Å²) in [6, 6.07) is 3.14. The first-order valence-electron chi connectivity index (χ1n) is 4.33. The van der Waals surface area contributed by atoms with E-state index in [0.717, 1.165) is 6.26 Å². The van der Waals surface area contributed by atoms with Crippen molar-refractivity contribution in [1.29, 1.82) is 0 Å². The van der Waals surface area contributed by atoms with Gasteiger partial charge in [0, 0.05) is 17.7 Å². The molecule has 4 nitrogen and oxygen atoms in total. The van der Waals surface area contributed by atoms with Crippen LogP contribution in [0.2, 0.25) is 5.02 Å². The zero-order valence-corrected chi connectivity index (χ0v) is 11.2. The highest BCUT2D eigenvalue weighted by atomic mass is 35.5. The maximum Gasteiger partial charge on any atom is 0.176 e. The molecule has 90 valence electrons. The Hall–Kier alpha value is -0.270. The van der Waals surface area contributed by atoms with Crippen LogP contribution in [0.15, 0.2) is 21.9 Å². The molecule has 0 saturated carbocycles. The number of hydroxylamine groups is 1. The van der Waals surface area contributed by atoms with Crippen LogP contribution >= 0.6 is 23.4 Å². The van der Waals surface area contributed by atoms with Crippen molar-refractivity contribution >= 4 is 33.2 Å². The monoisotopic (exact) mass is 281 g/mol. The zero-order valence-electron chi connectivity index (χ0n) is 8.82. The number of hydrogen-bond acceptors (Lipinski definition) is 5. The van der Waals surface area contributed by atoms with Gasteiger partial charge in [0.05, 0.1) is 9.92 Å². The molecule has 0 saturated heterocycles. The summed E-state index contributed by atoms with van der Waals surface area (Å²) in [4.78, 5) is 0.726. The molecule has 1 rings (SSSR count). The molecule has 1 aromatic carbocycles. The van der Waals surface area contributed by atoms with Crippen LogP contribution < -0.4 is 5.48 Å². The third-order valence-electron chi connectivity index (χ3n) is 1.96. The van der Waals surface area contributed by atoms with E-state index in [4.69, 9.17) is 16.8 Å². The van der Waals surface area contributed by atoms with Crippen LogP contribution in [0.25, 0.3) is 0 Å². The summed E-state index contributed by atoms with van der Waals surface area (Å²) in [5.74, 6) is 0. The zero-order chi connectivity index (χ0) is 12.3.